The number of fused-ring (bicyclic) bond motifs is 1. The van der Waals surface area contributed by atoms with Crippen LogP contribution in [0.5, 0.6) is 0 Å². The zero-order valence-corrected chi connectivity index (χ0v) is 11.6. The van der Waals surface area contributed by atoms with Gasteiger partial charge < -0.3 is 9.88 Å². The molecular formula is C16H22N2. The van der Waals surface area contributed by atoms with Gasteiger partial charge in [-0.05, 0) is 50.9 Å². The molecule has 2 heterocycles. The number of aryl methyl sites for hydroxylation is 3. The predicted octanol–water partition coefficient (Wildman–Crippen LogP) is 3.26. The topological polar surface area (TPSA) is 17.0 Å². The summed E-state index contributed by atoms with van der Waals surface area (Å²) in [7, 11) is 2.22. The number of hydrogen-bond acceptors (Lipinski definition) is 1. The smallest absolute Gasteiger partial charge is 0.0509 e. The molecule has 18 heavy (non-hydrogen) atoms. The second-order valence-corrected chi connectivity index (χ2v) is 5.69. The Bertz CT molecular complexity index is 574. The summed E-state index contributed by atoms with van der Waals surface area (Å²) in [4.78, 5) is 0. The molecular weight excluding hydrogens is 220 g/mol. The summed E-state index contributed by atoms with van der Waals surface area (Å²) in [5.74, 6) is 0.677. The van der Waals surface area contributed by atoms with E-state index in [1.165, 1.54) is 47.1 Å². The van der Waals surface area contributed by atoms with E-state index in [1.54, 1.807) is 0 Å². The second-order valence-electron chi connectivity index (χ2n) is 5.69. The number of nitrogens with one attached hydrogen (secondary N) is 1. The van der Waals surface area contributed by atoms with Crippen LogP contribution in [0.1, 0.15) is 35.6 Å². The maximum absolute atomic E-state index is 3.52. The molecule has 2 aromatic rings. The van der Waals surface area contributed by atoms with Crippen LogP contribution in [0.25, 0.3) is 10.9 Å². The van der Waals surface area contributed by atoms with Crippen molar-refractivity contribution in [3.05, 3.63) is 35.0 Å². The summed E-state index contributed by atoms with van der Waals surface area (Å²) in [6, 6.07) is 6.99. The lowest BCUT2D eigenvalue weighted by Gasteiger charge is -2.23. The Morgan fingerprint density at radius 3 is 2.78 bits per heavy atom. The van der Waals surface area contributed by atoms with Gasteiger partial charge in [-0.3, -0.25) is 0 Å². The van der Waals surface area contributed by atoms with Crippen LogP contribution in [0, 0.1) is 13.8 Å². The van der Waals surface area contributed by atoms with E-state index in [-0.39, 0.29) is 0 Å². The van der Waals surface area contributed by atoms with Gasteiger partial charge in [0.1, 0.15) is 0 Å². The SMILES string of the molecule is Cc1cc(C)c2c(c1)cc(C1CCCNC1)n2C. The van der Waals surface area contributed by atoms with Gasteiger partial charge in [0.05, 0.1) is 5.52 Å². The summed E-state index contributed by atoms with van der Waals surface area (Å²) in [6.07, 6.45) is 2.61. The summed E-state index contributed by atoms with van der Waals surface area (Å²) in [6.45, 7) is 6.71. The Kier molecular flexibility index (Phi) is 2.90. The van der Waals surface area contributed by atoms with Crippen molar-refractivity contribution >= 4 is 10.9 Å². The largest absolute Gasteiger partial charge is 0.347 e. The number of nitrogens with zero attached hydrogens (tertiary/aromatic N) is 1. The quantitative estimate of drug-likeness (QED) is 0.812. The van der Waals surface area contributed by atoms with E-state index in [0.717, 1.165) is 6.54 Å². The van der Waals surface area contributed by atoms with Crippen molar-refractivity contribution in [1.29, 1.82) is 0 Å². The highest BCUT2D eigenvalue weighted by atomic mass is 15.0. The number of hydrogen-bond donors (Lipinski definition) is 1. The minimum Gasteiger partial charge on any atom is -0.347 e. The molecule has 1 unspecified atom stereocenters. The third kappa shape index (κ3) is 1.85. The highest BCUT2D eigenvalue weighted by molar-refractivity contribution is 5.85. The molecule has 1 aromatic carbocycles. The summed E-state index contributed by atoms with van der Waals surface area (Å²) >= 11 is 0. The maximum atomic E-state index is 3.52. The monoisotopic (exact) mass is 242 g/mol. The van der Waals surface area contributed by atoms with Crippen molar-refractivity contribution in [2.24, 2.45) is 7.05 Å². The highest BCUT2D eigenvalue weighted by Gasteiger charge is 2.19. The molecule has 0 radical (unpaired) electrons. The van der Waals surface area contributed by atoms with Gasteiger partial charge in [0, 0.05) is 30.6 Å². The molecule has 1 atom stereocenters. The molecule has 2 nitrogen and oxygen atoms in total. The summed E-state index contributed by atoms with van der Waals surface area (Å²) in [5, 5.41) is 4.92. The van der Waals surface area contributed by atoms with E-state index < -0.39 is 0 Å². The van der Waals surface area contributed by atoms with Gasteiger partial charge in [-0.2, -0.15) is 0 Å². The van der Waals surface area contributed by atoms with E-state index in [0.29, 0.717) is 5.92 Å². The third-order valence-corrected chi connectivity index (χ3v) is 4.22. The van der Waals surface area contributed by atoms with Crippen molar-refractivity contribution in [2.45, 2.75) is 32.6 Å². The Labute approximate surface area is 109 Å². The van der Waals surface area contributed by atoms with Crippen molar-refractivity contribution in [1.82, 2.24) is 9.88 Å². The van der Waals surface area contributed by atoms with E-state index in [2.05, 4.69) is 49.0 Å². The molecule has 1 aliphatic rings. The number of rotatable bonds is 1. The van der Waals surface area contributed by atoms with E-state index >= 15 is 0 Å². The van der Waals surface area contributed by atoms with Crippen LogP contribution in [-0.4, -0.2) is 17.7 Å². The van der Waals surface area contributed by atoms with Gasteiger partial charge in [-0.25, -0.2) is 0 Å². The van der Waals surface area contributed by atoms with Crippen LogP contribution in [-0.2, 0) is 7.05 Å². The normalized spacial score (nSPS) is 20.5. The second kappa shape index (κ2) is 4.43. The molecule has 0 amide bonds. The van der Waals surface area contributed by atoms with E-state index in [1.807, 2.05) is 0 Å². The first-order valence-electron chi connectivity index (χ1n) is 6.94. The molecule has 96 valence electrons. The van der Waals surface area contributed by atoms with Crippen LogP contribution in [0.2, 0.25) is 0 Å². The standard InChI is InChI=1S/C16H22N2/c1-11-7-12(2)16-14(8-11)9-15(18(16)3)13-5-4-6-17-10-13/h7-9,13,17H,4-6,10H2,1-3H3. The lowest BCUT2D eigenvalue weighted by Crippen LogP contribution is -2.29. The zero-order valence-electron chi connectivity index (χ0n) is 11.6. The van der Waals surface area contributed by atoms with Gasteiger partial charge in [0.15, 0.2) is 0 Å². The molecule has 3 rings (SSSR count). The van der Waals surface area contributed by atoms with Crippen molar-refractivity contribution < 1.29 is 0 Å². The number of piperidine rings is 1. The first kappa shape index (κ1) is 11.8. The lowest BCUT2D eigenvalue weighted by molar-refractivity contribution is 0.448. The molecule has 0 aliphatic carbocycles. The average molecular weight is 242 g/mol. The first-order valence-corrected chi connectivity index (χ1v) is 6.94. The molecule has 0 spiro atoms. The average Bonchev–Trinajstić information content (AvgIpc) is 2.67. The zero-order chi connectivity index (χ0) is 12.7. The van der Waals surface area contributed by atoms with Gasteiger partial charge in [-0.15, -0.1) is 0 Å². The Hall–Kier alpha value is -1.28. The van der Waals surface area contributed by atoms with Crippen molar-refractivity contribution in [3.63, 3.8) is 0 Å². The molecule has 1 aromatic heterocycles. The van der Waals surface area contributed by atoms with Gasteiger partial charge >= 0.3 is 0 Å². The number of aromatic nitrogens is 1. The molecule has 2 heteroatoms. The lowest BCUT2D eigenvalue weighted by atomic mass is 9.96. The van der Waals surface area contributed by atoms with E-state index in [9.17, 15) is 0 Å². The van der Waals surface area contributed by atoms with Crippen LogP contribution in [0.15, 0.2) is 18.2 Å². The van der Waals surface area contributed by atoms with Gasteiger partial charge in [-0.1, -0.05) is 11.6 Å². The maximum Gasteiger partial charge on any atom is 0.0509 e. The van der Waals surface area contributed by atoms with Crippen molar-refractivity contribution in [2.75, 3.05) is 13.1 Å². The Morgan fingerprint density at radius 2 is 2.06 bits per heavy atom. The minimum absolute atomic E-state index is 0.677. The summed E-state index contributed by atoms with van der Waals surface area (Å²) < 4.78 is 2.40. The fourth-order valence-electron chi connectivity index (χ4n) is 3.44. The highest BCUT2D eigenvalue weighted by Crippen LogP contribution is 2.30. The predicted molar refractivity (Wildman–Crippen MR) is 77.2 cm³/mol. The van der Waals surface area contributed by atoms with E-state index in [4.69, 9.17) is 0 Å². The number of benzene rings is 1. The van der Waals surface area contributed by atoms with Gasteiger partial charge in [0.25, 0.3) is 0 Å². The minimum atomic E-state index is 0.677. The fraction of sp³-hybridized carbons (Fsp3) is 0.500. The van der Waals surface area contributed by atoms with Crippen LogP contribution in [0.3, 0.4) is 0 Å². The molecule has 1 saturated heterocycles. The summed E-state index contributed by atoms with van der Waals surface area (Å²) in [5.41, 5.74) is 5.65. The van der Waals surface area contributed by atoms with Crippen LogP contribution < -0.4 is 5.32 Å². The van der Waals surface area contributed by atoms with Crippen molar-refractivity contribution in [3.8, 4) is 0 Å². The first-order chi connectivity index (χ1) is 8.66. The molecule has 0 saturated carbocycles. The molecule has 1 N–H and O–H groups in total. The van der Waals surface area contributed by atoms with Crippen LogP contribution >= 0.6 is 0 Å². The third-order valence-electron chi connectivity index (χ3n) is 4.22. The molecule has 0 bridgehead atoms. The van der Waals surface area contributed by atoms with Crippen LogP contribution in [0.4, 0.5) is 0 Å². The molecule has 1 aliphatic heterocycles. The molecule has 1 fully saturated rings. The Balaban J connectivity index is 2.13. The fourth-order valence-corrected chi connectivity index (χ4v) is 3.44. The Morgan fingerprint density at radius 1 is 1.22 bits per heavy atom. The van der Waals surface area contributed by atoms with Gasteiger partial charge in [0.2, 0.25) is 0 Å².